The first kappa shape index (κ1) is 23.2. The number of amides is 1. The third kappa shape index (κ3) is 4.90. The summed E-state index contributed by atoms with van der Waals surface area (Å²) in [5.74, 6) is -0.721. The molecule has 1 N–H and O–H groups in total. The Hall–Kier alpha value is -3.42. The number of carbonyl (C=O) groups excluding carboxylic acids is 2. The van der Waals surface area contributed by atoms with Crippen LogP contribution in [0, 0.1) is 13.8 Å². The van der Waals surface area contributed by atoms with E-state index in [4.69, 9.17) is 4.74 Å². The van der Waals surface area contributed by atoms with Gasteiger partial charge in [0, 0.05) is 18.3 Å². The van der Waals surface area contributed by atoms with Gasteiger partial charge in [-0.1, -0.05) is 44.2 Å². The summed E-state index contributed by atoms with van der Waals surface area (Å²) >= 11 is 0. The van der Waals surface area contributed by atoms with Gasteiger partial charge in [0.25, 0.3) is 5.91 Å². The van der Waals surface area contributed by atoms with Gasteiger partial charge in [-0.25, -0.2) is 4.79 Å². The molecule has 3 aromatic rings. The van der Waals surface area contributed by atoms with Gasteiger partial charge in [-0.15, -0.1) is 0 Å². The van der Waals surface area contributed by atoms with Crippen molar-refractivity contribution in [3.63, 3.8) is 0 Å². The number of hydrogen-bond donors (Lipinski definition) is 1. The maximum atomic E-state index is 13.1. The topological polar surface area (TPSA) is 91.0 Å². The Kier molecular flexibility index (Phi) is 7.12. The minimum atomic E-state index is -0.968. The van der Waals surface area contributed by atoms with Gasteiger partial charge in [0.15, 0.2) is 6.04 Å². The Bertz CT molecular complexity index is 1100. The summed E-state index contributed by atoms with van der Waals surface area (Å²) < 4.78 is 8.67. The molecule has 2 aromatic heterocycles. The number of aryl methyl sites for hydroxylation is 2. The van der Waals surface area contributed by atoms with Crippen molar-refractivity contribution >= 4 is 11.9 Å². The number of nitrogens with one attached hydrogen (secondary N) is 1. The molecule has 8 nitrogen and oxygen atoms in total. The standard InChI is InChI=1S/C24H31N5O3/c1-7-32-24(31)22(25-23(30)20-13-19(15(2)3)27-28(20)6)21-16(4)26-29(17(21)5)14-18-11-9-8-10-12-18/h8-13,15,22H,7,14H2,1-6H3,(H,25,30)/t22-/m1/s1. The summed E-state index contributed by atoms with van der Waals surface area (Å²) in [4.78, 5) is 26.0. The molecule has 3 rings (SSSR count). The third-order valence-corrected chi connectivity index (χ3v) is 5.42. The highest BCUT2D eigenvalue weighted by molar-refractivity contribution is 5.96. The Balaban J connectivity index is 1.94. The monoisotopic (exact) mass is 437 g/mol. The van der Waals surface area contributed by atoms with Crippen LogP contribution in [0.15, 0.2) is 36.4 Å². The zero-order valence-electron chi connectivity index (χ0n) is 19.5. The summed E-state index contributed by atoms with van der Waals surface area (Å²) in [6.45, 7) is 10.3. The van der Waals surface area contributed by atoms with Crippen LogP contribution >= 0.6 is 0 Å². The number of ether oxygens (including phenoxy) is 1. The summed E-state index contributed by atoms with van der Waals surface area (Å²) in [6, 6.07) is 10.7. The van der Waals surface area contributed by atoms with Gasteiger partial charge in [0.05, 0.1) is 24.5 Å². The van der Waals surface area contributed by atoms with Gasteiger partial charge in [-0.05, 0) is 38.3 Å². The fourth-order valence-electron chi connectivity index (χ4n) is 3.70. The van der Waals surface area contributed by atoms with E-state index in [0.717, 1.165) is 17.0 Å². The number of rotatable bonds is 8. The Morgan fingerprint density at radius 1 is 1.12 bits per heavy atom. The van der Waals surface area contributed by atoms with E-state index in [0.29, 0.717) is 23.5 Å². The van der Waals surface area contributed by atoms with Gasteiger partial charge < -0.3 is 10.1 Å². The van der Waals surface area contributed by atoms with Crippen molar-refractivity contribution in [2.75, 3.05) is 6.61 Å². The molecular formula is C24H31N5O3. The highest BCUT2D eigenvalue weighted by Gasteiger charge is 2.31. The number of hydrogen-bond acceptors (Lipinski definition) is 5. The van der Waals surface area contributed by atoms with E-state index in [2.05, 4.69) is 15.5 Å². The number of nitrogens with zero attached hydrogens (tertiary/aromatic N) is 4. The predicted octanol–water partition coefficient (Wildman–Crippen LogP) is 3.44. The molecular weight excluding hydrogens is 406 g/mol. The molecule has 1 atom stereocenters. The lowest BCUT2D eigenvalue weighted by Crippen LogP contribution is -2.36. The van der Waals surface area contributed by atoms with Crippen LogP contribution in [-0.4, -0.2) is 38.0 Å². The van der Waals surface area contributed by atoms with Crippen LogP contribution in [0.2, 0.25) is 0 Å². The molecule has 0 saturated carbocycles. The zero-order chi connectivity index (χ0) is 23.4. The molecule has 32 heavy (non-hydrogen) atoms. The predicted molar refractivity (Wildman–Crippen MR) is 121 cm³/mol. The number of carbonyl (C=O) groups is 2. The molecule has 2 heterocycles. The second kappa shape index (κ2) is 9.80. The Labute approximate surface area is 188 Å². The Morgan fingerprint density at radius 2 is 1.81 bits per heavy atom. The highest BCUT2D eigenvalue weighted by atomic mass is 16.5. The van der Waals surface area contributed by atoms with E-state index < -0.39 is 12.0 Å². The molecule has 1 aromatic carbocycles. The van der Waals surface area contributed by atoms with Crippen LogP contribution in [0.5, 0.6) is 0 Å². The van der Waals surface area contributed by atoms with E-state index in [1.165, 1.54) is 4.68 Å². The summed E-state index contributed by atoms with van der Waals surface area (Å²) in [6.07, 6.45) is 0. The van der Waals surface area contributed by atoms with Gasteiger partial charge in [0.2, 0.25) is 0 Å². The number of esters is 1. The van der Waals surface area contributed by atoms with Crippen LogP contribution in [0.25, 0.3) is 0 Å². The summed E-state index contributed by atoms with van der Waals surface area (Å²) in [5, 5.41) is 11.9. The maximum Gasteiger partial charge on any atom is 0.333 e. The van der Waals surface area contributed by atoms with Gasteiger partial charge in [-0.2, -0.15) is 10.2 Å². The molecule has 0 aliphatic rings. The van der Waals surface area contributed by atoms with Crippen molar-refractivity contribution in [2.24, 2.45) is 7.05 Å². The quantitative estimate of drug-likeness (QED) is 0.545. The lowest BCUT2D eigenvalue weighted by molar-refractivity contribution is -0.145. The second-order valence-corrected chi connectivity index (χ2v) is 8.12. The number of aromatic nitrogens is 4. The van der Waals surface area contributed by atoms with Crippen molar-refractivity contribution in [1.82, 2.24) is 24.9 Å². The highest BCUT2D eigenvalue weighted by Crippen LogP contribution is 2.25. The summed E-state index contributed by atoms with van der Waals surface area (Å²) in [5.41, 5.74) is 4.42. The maximum absolute atomic E-state index is 13.1. The third-order valence-electron chi connectivity index (χ3n) is 5.42. The molecule has 0 radical (unpaired) electrons. The zero-order valence-corrected chi connectivity index (χ0v) is 19.5. The van der Waals surface area contributed by atoms with Crippen molar-refractivity contribution in [1.29, 1.82) is 0 Å². The molecule has 0 fully saturated rings. The first-order valence-electron chi connectivity index (χ1n) is 10.8. The average Bonchev–Trinajstić information content (AvgIpc) is 3.27. The van der Waals surface area contributed by atoms with Crippen molar-refractivity contribution in [2.45, 2.75) is 53.1 Å². The van der Waals surface area contributed by atoms with E-state index in [1.807, 2.05) is 62.7 Å². The van der Waals surface area contributed by atoms with Crippen LogP contribution in [0.4, 0.5) is 0 Å². The van der Waals surface area contributed by atoms with Crippen LogP contribution in [-0.2, 0) is 23.1 Å². The molecule has 170 valence electrons. The summed E-state index contributed by atoms with van der Waals surface area (Å²) in [7, 11) is 1.72. The normalized spacial score (nSPS) is 12.1. The van der Waals surface area contributed by atoms with E-state index in [1.54, 1.807) is 20.0 Å². The fraction of sp³-hybridized carbons (Fsp3) is 0.417. The molecule has 0 unspecified atom stereocenters. The SMILES string of the molecule is CCOC(=O)[C@H](NC(=O)c1cc(C(C)C)nn1C)c1c(C)nn(Cc2ccccc2)c1C. The molecule has 0 spiro atoms. The first-order chi connectivity index (χ1) is 15.2. The van der Waals surface area contributed by atoms with Gasteiger partial charge in [-0.3, -0.25) is 14.2 Å². The van der Waals surface area contributed by atoms with Crippen LogP contribution in [0.3, 0.4) is 0 Å². The van der Waals surface area contributed by atoms with Crippen molar-refractivity contribution in [3.05, 3.63) is 70.3 Å². The molecule has 8 heteroatoms. The Morgan fingerprint density at radius 3 is 2.41 bits per heavy atom. The largest absolute Gasteiger partial charge is 0.464 e. The molecule has 0 bridgehead atoms. The second-order valence-electron chi connectivity index (χ2n) is 8.12. The van der Waals surface area contributed by atoms with Crippen molar-refractivity contribution < 1.29 is 14.3 Å². The minimum absolute atomic E-state index is 0.185. The van der Waals surface area contributed by atoms with E-state index >= 15 is 0 Å². The van der Waals surface area contributed by atoms with Gasteiger partial charge >= 0.3 is 5.97 Å². The molecule has 0 saturated heterocycles. The average molecular weight is 438 g/mol. The van der Waals surface area contributed by atoms with Crippen molar-refractivity contribution in [3.8, 4) is 0 Å². The van der Waals surface area contributed by atoms with E-state index in [9.17, 15) is 9.59 Å². The van der Waals surface area contributed by atoms with Crippen LogP contribution < -0.4 is 5.32 Å². The lowest BCUT2D eigenvalue weighted by atomic mass is 10.0. The molecule has 0 aliphatic carbocycles. The molecule has 1 amide bonds. The lowest BCUT2D eigenvalue weighted by Gasteiger charge is -2.18. The van der Waals surface area contributed by atoms with E-state index in [-0.39, 0.29) is 18.4 Å². The smallest absolute Gasteiger partial charge is 0.333 e. The fourth-order valence-corrected chi connectivity index (χ4v) is 3.70. The van der Waals surface area contributed by atoms with Gasteiger partial charge in [0.1, 0.15) is 5.69 Å². The first-order valence-corrected chi connectivity index (χ1v) is 10.8. The minimum Gasteiger partial charge on any atom is -0.464 e. The van der Waals surface area contributed by atoms with Crippen LogP contribution in [0.1, 0.15) is 71.4 Å². The number of benzene rings is 1. The molecule has 0 aliphatic heterocycles.